The molecule has 0 spiro atoms. The number of rotatable bonds is 4. The summed E-state index contributed by atoms with van der Waals surface area (Å²) in [6.07, 6.45) is 6.03. The predicted octanol–water partition coefficient (Wildman–Crippen LogP) is 4.86. The molecule has 0 atom stereocenters. The lowest BCUT2D eigenvalue weighted by Crippen LogP contribution is -2.36. The van der Waals surface area contributed by atoms with Gasteiger partial charge in [0.15, 0.2) is 0 Å². The second-order valence-corrected chi connectivity index (χ2v) is 7.73. The van der Waals surface area contributed by atoms with Crippen LogP contribution in [0.2, 0.25) is 0 Å². The zero-order valence-corrected chi connectivity index (χ0v) is 16.1. The highest BCUT2D eigenvalue weighted by atomic mass is 19.1. The first kappa shape index (κ1) is 18.7. The zero-order chi connectivity index (χ0) is 19.7. The van der Waals surface area contributed by atoms with Crippen LogP contribution < -0.4 is 5.32 Å². The monoisotopic (exact) mass is 382 g/mol. The van der Waals surface area contributed by atoms with Gasteiger partial charge in [-0.05, 0) is 75.2 Å². The van der Waals surface area contributed by atoms with Gasteiger partial charge in [-0.15, -0.1) is 0 Å². The van der Waals surface area contributed by atoms with Gasteiger partial charge in [0.1, 0.15) is 23.8 Å². The van der Waals surface area contributed by atoms with Crippen molar-refractivity contribution in [3.05, 3.63) is 54.4 Å². The Hall–Kier alpha value is -2.60. The van der Waals surface area contributed by atoms with Crippen molar-refractivity contribution in [2.24, 2.45) is 0 Å². The zero-order valence-electron chi connectivity index (χ0n) is 16.1. The molecule has 0 unspecified atom stereocenters. The minimum Gasteiger partial charge on any atom is -0.367 e. The van der Waals surface area contributed by atoms with Crippen molar-refractivity contribution in [1.29, 1.82) is 0 Å². The molecule has 3 aromatic rings. The number of fused-ring (bicyclic) bond motifs is 1. The van der Waals surface area contributed by atoms with E-state index in [9.17, 15) is 8.78 Å². The van der Waals surface area contributed by atoms with Gasteiger partial charge in [0.25, 0.3) is 0 Å². The Kier molecular flexibility index (Phi) is 5.22. The van der Waals surface area contributed by atoms with Crippen molar-refractivity contribution >= 4 is 16.7 Å². The number of hydrogen-bond donors (Lipinski definition) is 1. The largest absolute Gasteiger partial charge is 0.367 e. The molecule has 1 aliphatic carbocycles. The molecule has 1 saturated carbocycles. The van der Waals surface area contributed by atoms with E-state index in [0.717, 1.165) is 54.0 Å². The molecule has 28 heavy (non-hydrogen) atoms. The smallest absolute Gasteiger partial charge is 0.137 e. The van der Waals surface area contributed by atoms with Gasteiger partial charge >= 0.3 is 0 Å². The van der Waals surface area contributed by atoms with Crippen molar-refractivity contribution in [2.45, 2.75) is 37.8 Å². The number of halogens is 2. The number of anilines is 1. The van der Waals surface area contributed by atoms with Gasteiger partial charge in [-0.25, -0.2) is 18.7 Å². The summed E-state index contributed by atoms with van der Waals surface area (Å²) in [5, 5.41) is 4.43. The van der Waals surface area contributed by atoms with Crippen LogP contribution in [0.15, 0.2) is 42.7 Å². The first-order valence-corrected chi connectivity index (χ1v) is 9.64. The molecule has 1 heterocycles. The molecule has 146 valence electrons. The van der Waals surface area contributed by atoms with Crippen LogP contribution in [-0.4, -0.2) is 41.0 Å². The fourth-order valence-electron chi connectivity index (χ4n) is 4.00. The quantitative estimate of drug-likeness (QED) is 0.700. The first-order valence-electron chi connectivity index (χ1n) is 9.64. The van der Waals surface area contributed by atoms with E-state index in [2.05, 4.69) is 34.3 Å². The normalized spacial score (nSPS) is 19.9. The Morgan fingerprint density at radius 1 is 0.893 bits per heavy atom. The molecule has 0 bridgehead atoms. The Bertz CT molecular complexity index is 961. The van der Waals surface area contributed by atoms with E-state index in [1.165, 1.54) is 12.1 Å². The highest BCUT2D eigenvalue weighted by Gasteiger charge is 2.23. The van der Waals surface area contributed by atoms with Crippen molar-refractivity contribution in [3.8, 4) is 11.1 Å². The van der Waals surface area contributed by atoms with E-state index in [1.54, 1.807) is 6.33 Å². The summed E-state index contributed by atoms with van der Waals surface area (Å²) in [7, 11) is 4.26. The third kappa shape index (κ3) is 3.97. The lowest BCUT2D eigenvalue weighted by molar-refractivity contribution is 0.221. The number of benzene rings is 2. The Labute approximate surface area is 163 Å². The predicted molar refractivity (Wildman–Crippen MR) is 108 cm³/mol. The third-order valence-electron chi connectivity index (χ3n) is 5.60. The third-order valence-corrected chi connectivity index (χ3v) is 5.60. The summed E-state index contributed by atoms with van der Waals surface area (Å²) in [6.45, 7) is 0. The molecule has 1 N–H and O–H groups in total. The lowest BCUT2D eigenvalue weighted by atomic mass is 9.90. The molecule has 4 nitrogen and oxygen atoms in total. The highest BCUT2D eigenvalue weighted by molar-refractivity contribution is 5.92. The minimum atomic E-state index is -0.588. The fourth-order valence-corrected chi connectivity index (χ4v) is 4.00. The molecular formula is C22H24F2N4. The Morgan fingerprint density at radius 3 is 2.29 bits per heavy atom. The number of hydrogen-bond acceptors (Lipinski definition) is 4. The molecule has 0 saturated heterocycles. The van der Waals surface area contributed by atoms with Gasteiger partial charge < -0.3 is 10.2 Å². The van der Waals surface area contributed by atoms with E-state index < -0.39 is 11.6 Å². The second kappa shape index (κ2) is 7.80. The molecule has 0 radical (unpaired) electrons. The summed E-state index contributed by atoms with van der Waals surface area (Å²) in [6, 6.07) is 10.1. The van der Waals surface area contributed by atoms with E-state index in [1.807, 2.05) is 18.2 Å². The lowest BCUT2D eigenvalue weighted by Gasteiger charge is -2.33. The fraction of sp³-hybridized carbons (Fsp3) is 0.364. The molecule has 0 aliphatic heterocycles. The van der Waals surface area contributed by atoms with Crippen LogP contribution in [-0.2, 0) is 0 Å². The van der Waals surface area contributed by atoms with Crippen LogP contribution in [0.3, 0.4) is 0 Å². The topological polar surface area (TPSA) is 41.0 Å². The summed E-state index contributed by atoms with van der Waals surface area (Å²) >= 11 is 0. The van der Waals surface area contributed by atoms with Crippen LogP contribution in [0, 0.1) is 11.6 Å². The maximum absolute atomic E-state index is 13.6. The van der Waals surface area contributed by atoms with Crippen LogP contribution in [0.4, 0.5) is 14.6 Å². The van der Waals surface area contributed by atoms with Crippen molar-refractivity contribution in [2.75, 3.05) is 19.4 Å². The maximum Gasteiger partial charge on any atom is 0.137 e. The van der Waals surface area contributed by atoms with Crippen molar-refractivity contribution in [1.82, 2.24) is 14.9 Å². The SMILES string of the molecule is CN(C)[C@H]1CC[C@H](Nc2ncnc3ccc(-c4cc(F)cc(F)c4)cc23)CC1. The van der Waals surface area contributed by atoms with Crippen molar-refractivity contribution in [3.63, 3.8) is 0 Å². The molecule has 4 rings (SSSR count). The number of nitrogens with one attached hydrogen (secondary N) is 1. The number of aromatic nitrogens is 2. The first-order chi connectivity index (χ1) is 13.5. The maximum atomic E-state index is 13.6. The molecule has 0 amide bonds. The van der Waals surface area contributed by atoms with Crippen molar-refractivity contribution < 1.29 is 8.78 Å². The average Bonchev–Trinajstić information content (AvgIpc) is 2.67. The van der Waals surface area contributed by atoms with Gasteiger partial charge in [0, 0.05) is 23.5 Å². The Morgan fingerprint density at radius 2 is 1.61 bits per heavy atom. The van der Waals surface area contributed by atoms with Crippen LogP contribution in [0.1, 0.15) is 25.7 Å². The van der Waals surface area contributed by atoms with E-state index in [-0.39, 0.29) is 0 Å². The van der Waals surface area contributed by atoms with E-state index in [4.69, 9.17) is 0 Å². The van der Waals surface area contributed by atoms with E-state index in [0.29, 0.717) is 17.6 Å². The molecule has 1 fully saturated rings. The van der Waals surface area contributed by atoms with Crippen LogP contribution in [0.5, 0.6) is 0 Å². The van der Waals surface area contributed by atoms with Crippen LogP contribution >= 0.6 is 0 Å². The van der Waals surface area contributed by atoms with Gasteiger partial charge in [0.2, 0.25) is 0 Å². The summed E-state index contributed by atoms with van der Waals surface area (Å²) in [5.41, 5.74) is 2.04. The highest BCUT2D eigenvalue weighted by Crippen LogP contribution is 2.30. The molecular weight excluding hydrogens is 358 g/mol. The average molecular weight is 382 g/mol. The number of nitrogens with zero attached hydrogens (tertiary/aromatic N) is 3. The molecule has 1 aliphatic rings. The van der Waals surface area contributed by atoms with Gasteiger partial charge in [-0.2, -0.15) is 0 Å². The minimum absolute atomic E-state index is 0.365. The molecule has 6 heteroatoms. The van der Waals surface area contributed by atoms with Gasteiger partial charge in [-0.1, -0.05) is 6.07 Å². The summed E-state index contributed by atoms with van der Waals surface area (Å²) in [5.74, 6) is -0.400. The summed E-state index contributed by atoms with van der Waals surface area (Å²) < 4.78 is 27.2. The molecule has 1 aromatic heterocycles. The van der Waals surface area contributed by atoms with E-state index >= 15 is 0 Å². The van der Waals surface area contributed by atoms with Gasteiger partial charge in [-0.3, -0.25) is 0 Å². The summed E-state index contributed by atoms with van der Waals surface area (Å²) in [4.78, 5) is 11.1. The standard InChI is InChI=1S/C22H24F2N4/c1-28(2)19-6-4-18(5-7-19)27-22-20-11-14(3-8-21(20)25-13-26-22)15-9-16(23)12-17(24)10-15/h3,8-13,18-19H,4-7H2,1-2H3,(H,25,26,27)/t18-,19-. The van der Waals surface area contributed by atoms with Gasteiger partial charge in [0.05, 0.1) is 5.52 Å². The molecule has 2 aromatic carbocycles. The van der Waals surface area contributed by atoms with Crippen LogP contribution in [0.25, 0.3) is 22.0 Å². The second-order valence-electron chi connectivity index (χ2n) is 7.73. The Balaban J connectivity index is 1.62.